The number of ether oxygens (including phenoxy) is 1. The van der Waals surface area contributed by atoms with Crippen LogP contribution in [0.2, 0.25) is 0 Å². The third-order valence-electron chi connectivity index (χ3n) is 0.918. The molecule has 0 rings (SSSR count). The van der Waals surface area contributed by atoms with Gasteiger partial charge in [-0.2, -0.15) is 0 Å². The van der Waals surface area contributed by atoms with Gasteiger partial charge in [-0.3, -0.25) is 0 Å². The van der Waals surface area contributed by atoms with Crippen molar-refractivity contribution in [3.05, 3.63) is 0 Å². The molecule has 12 heavy (non-hydrogen) atoms. The highest BCUT2D eigenvalue weighted by atomic mass is 16.5. The fraction of sp³-hybridized carbons (Fsp3) is 1.00. The molecule has 0 fully saturated rings. The predicted octanol–water partition coefficient (Wildman–Crippen LogP) is -0.444. The Balaban J connectivity index is 0. The van der Waals surface area contributed by atoms with E-state index in [1.54, 1.807) is 6.92 Å². The summed E-state index contributed by atoms with van der Waals surface area (Å²) in [5, 5.41) is 15.9. The molecule has 0 amide bonds. The molecule has 0 aliphatic rings. The van der Waals surface area contributed by atoms with Gasteiger partial charge in [-0.05, 0) is 21.0 Å². The maximum absolute atomic E-state index is 8.29. The van der Waals surface area contributed by atoms with Gasteiger partial charge in [-0.1, -0.05) is 0 Å². The van der Waals surface area contributed by atoms with Crippen LogP contribution >= 0.6 is 0 Å². The molecule has 0 atom stereocenters. The second kappa shape index (κ2) is 13.4. The van der Waals surface area contributed by atoms with Crippen molar-refractivity contribution in [1.29, 1.82) is 0 Å². The fourth-order valence-electron chi connectivity index (χ4n) is 0.414. The molecule has 0 unspecified atom stereocenters. The van der Waals surface area contributed by atoms with E-state index in [1.807, 2.05) is 19.0 Å². The molecule has 76 valence electrons. The molecule has 0 saturated heterocycles. The van der Waals surface area contributed by atoms with Crippen molar-refractivity contribution in [2.24, 2.45) is 0 Å². The predicted molar refractivity (Wildman–Crippen MR) is 49.2 cm³/mol. The van der Waals surface area contributed by atoms with Gasteiger partial charge in [0.25, 0.3) is 0 Å². The van der Waals surface area contributed by atoms with Crippen LogP contribution in [0.3, 0.4) is 0 Å². The highest BCUT2D eigenvalue weighted by molar-refractivity contribution is 4.38. The lowest BCUT2D eigenvalue weighted by atomic mass is 10.6. The molecule has 0 aromatic carbocycles. The summed E-state index contributed by atoms with van der Waals surface area (Å²) in [5.74, 6) is 0. The average Bonchev–Trinajstić information content (AvgIpc) is 1.99. The zero-order valence-corrected chi connectivity index (χ0v) is 8.29. The van der Waals surface area contributed by atoms with Crippen molar-refractivity contribution in [1.82, 2.24) is 4.90 Å². The van der Waals surface area contributed by atoms with Gasteiger partial charge in [0.1, 0.15) is 0 Å². The third kappa shape index (κ3) is 22.5. The fourth-order valence-corrected chi connectivity index (χ4v) is 0.414. The van der Waals surface area contributed by atoms with Crippen LogP contribution in [0.15, 0.2) is 0 Å². The normalized spacial score (nSPS) is 9.50. The van der Waals surface area contributed by atoms with Crippen molar-refractivity contribution in [2.75, 3.05) is 47.1 Å². The number of nitrogens with zero attached hydrogens (tertiary/aromatic N) is 1. The van der Waals surface area contributed by atoms with Gasteiger partial charge in [0, 0.05) is 13.2 Å². The lowest BCUT2D eigenvalue weighted by Gasteiger charge is -2.08. The Hall–Kier alpha value is -0.160. The Kier molecular flexibility index (Phi) is 16.1. The average molecular weight is 179 g/mol. The lowest BCUT2D eigenvalue weighted by molar-refractivity contribution is 0.0821. The molecule has 4 nitrogen and oxygen atoms in total. The summed E-state index contributed by atoms with van der Waals surface area (Å²) in [7, 11) is 3.98. The summed E-state index contributed by atoms with van der Waals surface area (Å²) in [4.78, 5) is 2.04. The van der Waals surface area contributed by atoms with Gasteiger partial charge < -0.3 is 19.8 Å². The van der Waals surface area contributed by atoms with Gasteiger partial charge in [0.05, 0.1) is 19.8 Å². The van der Waals surface area contributed by atoms with Crippen LogP contribution in [0, 0.1) is 0 Å². The van der Waals surface area contributed by atoms with E-state index in [4.69, 9.17) is 14.9 Å². The lowest BCUT2D eigenvalue weighted by Crippen LogP contribution is -2.18. The Labute approximate surface area is 74.8 Å². The summed E-state index contributed by atoms with van der Waals surface area (Å²) in [5.41, 5.74) is 0. The zero-order valence-electron chi connectivity index (χ0n) is 8.29. The van der Waals surface area contributed by atoms with E-state index in [9.17, 15) is 0 Å². The molecule has 0 aliphatic heterocycles. The van der Waals surface area contributed by atoms with E-state index >= 15 is 0 Å². The maximum Gasteiger partial charge on any atom is 0.0698 e. The molecule has 4 heteroatoms. The minimum Gasteiger partial charge on any atom is -0.397 e. The molecule has 0 aliphatic carbocycles. The van der Waals surface area contributed by atoms with E-state index in [-0.39, 0.29) is 13.2 Å². The van der Waals surface area contributed by atoms with Crippen molar-refractivity contribution in [3.63, 3.8) is 0 Å². The van der Waals surface area contributed by atoms with Gasteiger partial charge in [-0.25, -0.2) is 0 Å². The first-order valence-corrected chi connectivity index (χ1v) is 4.13. The van der Waals surface area contributed by atoms with Crippen molar-refractivity contribution in [2.45, 2.75) is 6.92 Å². The standard InChI is InChI=1S/C6H15NO2.C2H6O/c1-7(2)3-5-9-6-4-8;1-2-3/h8H,3-6H2,1-2H3;3H,2H2,1H3. The molecule has 0 spiro atoms. The first-order valence-electron chi connectivity index (χ1n) is 4.13. The first-order chi connectivity index (χ1) is 5.68. The Bertz CT molecular complexity index is 69.3. The van der Waals surface area contributed by atoms with Crippen LogP contribution < -0.4 is 0 Å². The van der Waals surface area contributed by atoms with Gasteiger partial charge >= 0.3 is 0 Å². The smallest absolute Gasteiger partial charge is 0.0698 e. The highest BCUT2D eigenvalue weighted by Gasteiger charge is 1.88. The van der Waals surface area contributed by atoms with Gasteiger partial charge in [-0.15, -0.1) is 0 Å². The second-order valence-electron chi connectivity index (χ2n) is 2.46. The first kappa shape index (κ1) is 14.4. The van der Waals surface area contributed by atoms with Gasteiger partial charge in [0.15, 0.2) is 0 Å². The third-order valence-corrected chi connectivity index (χ3v) is 0.918. The van der Waals surface area contributed by atoms with Crippen LogP contribution in [-0.4, -0.2) is 62.2 Å². The number of aliphatic hydroxyl groups excluding tert-OH is 2. The summed E-state index contributed by atoms with van der Waals surface area (Å²) in [6, 6.07) is 0. The van der Waals surface area contributed by atoms with E-state index in [2.05, 4.69) is 0 Å². The van der Waals surface area contributed by atoms with Crippen LogP contribution in [0.5, 0.6) is 0 Å². The van der Waals surface area contributed by atoms with Crippen LogP contribution in [0.1, 0.15) is 6.92 Å². The number of aliphatic hydroxyl groups is 2. The van der Waals surface area contributed by atoms with E-state index in [0.29, 0.717) is 13.2 Å². The molecule has 0 saturated carbocycles. The largest absolute Gasteiger partial charge is 0.397 e. The number of rotatable bonds is 5. The Morgan fingerprint density at radius 3 is 2.00 bits per heavy atom. The molecule has 0 heterocycles. The molecular formula is C8H21NO3. The van der Waals surface area contributed by atoms with Crippen molar-refractivity contribution < 1.29 is 14.9 Å². The monoisotopic (exact) mass is 179 g/mol. The summed E-state index contributed by atoms with van der Waals surface area (Å²) < 4.78 is 5.00. The Morgan fingerprint density at radius 2 is 1.67 bits per heavy atom. The Morgan fingerprint density at radius 1 is 1.17 bits per heavy atom. The number of likely N-dealkylation sites (N-methyl/N-ethyl adjacent to an activating group) is 1. The molecule has 0 radical (unpaired) electrons. The molecule has 0 aromatic rings. The van der Waals surface area contributed by atoms with Crippen LogP contribution in [0.25, 0.3) is 0 Å². The van der Waals surface area contributed by atoms with E-state index < -0.39 is 0 Å². The zero-order chi connectivity index (χ0) is 9.82. The minimum atomic E-state index is 0.118. The van der Waals surface area contributed by atoms with Gasteiger partial charge in [0.2, 0.25) is 0 Å². The number of hydrogen-bond donors (Lipinski definition) is 2. The van der Waals surface area contributed by atoms with E-state index in [0.717, 1.165) is 6.54 Å². The number of hydrogen-bond acceptors (Lipinski definition) is 4. The summed E-state index contributed by atoms with van der Waals surface area (Å²) in [6.07, 6.45) is 0. The molecule has 0 aromatic heterocycles. The SMILES string of the molecule is CCO.CN(C)CCOCCO. The van der Waals surface area contributed by atoms with Crippen molar-refractivity contribution >= 4 is 0 Å². The molecular weight excluding hydrogens is 158 g/mol. The van der Waals surface area contributed by atoms with Crippen molar-refractivity contribution in [3.8, 4) is 0 Å². The highest BCUT2D eigenvalue weighted by Crippen LogP contribution is 1.76. The summed E-state index contributed by atoms with van der Waals surface area (Å²) in [6.45, 7) is 4.12. The quantitative estimate of drug-likeness (QED) is 0.562. The summed E-state index contributed by atoms with van der Waals surface area (Å²) >= 11 is 0. The van der Waals surface area contributed by atoms with E-state index in [1.165, 1.54) is 0 Å². The molecule has 2 N–H and O–H groups in total. The topological polar surface area (TPSA) is 52.9 Å². The maximum atomic E-state index is 8.29. The molecule has 0 bridgehead atoms. The van der Waals surface area contributed by atoms with Crippen LogP contribution in [0.4, 0.5) is 0 Å². The minimum absolute atomic E-state index is 0.118. The van der Waals surface area contributed by atoms with Crippen LogP contribution in [-0.2, 0) is 4.74 Å². The second-order valence-corrected chi connectivity index (χ2v) is 2.46.